The van der Waals surface area contributed by atoms with E-state index in [1.165, 1.54) is 34.1 Å². The fraction of sp³-hybridized carbons (Fsp3) is 0.551. The van der Waals surface area contributed by atoms with Crippen molar-refractivity contribution < 1.29 is 64.4 Å². The fourth-order valence-electron chi connectivity index (χ4n) is 7.12. The number of carbonyl (C=O) groups excluding carboxylic acids is 4. The molecular weight excluding hydrogens is 871 g/mol. The SMILES string of the molecule is C1CCOC1.CN(C(=O)CCl)C1CCN(C(=O)OC(C)(C)C)CC1.Cc1ccc(-c2cn(C(=O)N(C)C3CCN(C(=O)OC(C)(C)C)CC3)cn2)cc1.Cc1ccc(-c2cnc[nH]2)cc1.[H-].[Na+]. The van der Waals surface area contributed by atoms with Gasteiger partial charge in [0.1, 0.15) is 23.4 Å². The molecular formula is C49H72ClN8NaO7. The van der Waals surface area contributed by atoms with Crippen LogP contribution in [-0.4, -0.2) is 146 Å². The Morgan fingerprint density at radius 3 is 1.61 bits per heavy atom. The molecule has 0 radical (unpaired) electrons. The van der Waals surface area contributed by atoms with Crippen molar-refractivity contribution in [1.82, 2.24) is 39.1 Å². The molecule has 7 rings (SSSR count). The Morgan fingerprint density at radius 2 is 1.21 bits per heavy atom. The molecule has 4 aromatic rings. The third kappa shape index (κ3) is 18.7. The second-order valence-electron chi connectivity index (χ2n) is 18.6. The van der Waals surface area contributed by atoms with E-state index in [9.17, 15) is 19.2 Å². The number of carbonyl (C=O) groups is 4. The number of halogens is 1. The zero-order valence-corrected chi connectivity index (χ0v) is 43.9. The number of likely N-dealkylation sites (tertiary alicyclic amines) is 2. The summed E-state index contributed by atoms with van der Waals surface area (Å²) in [5.74, 6) is -0.0691. The first-order chi connectivity index (χ1) is 30.7. The van der Waals surface area contributed by atoms with Crippen molar-refractivity contribution in [3.05, 3.63) is 84.7 Å². The fourth-order valence-corrected chi connectivity index (χ4v) is 7.31. The number of aromatic nitrogens is 4. The Balaban J connectivity index is 0.000000346. The van der Waals surface area contributed by atoms with E-state index in [1.54, 1.807) is 45.5 Å². The number of piperidine rings is 2. The van der Waals surface area contributed by atoms with Gasteiger partial charge in [-0.2, -0.15) is 0 Å². The number of nitrogens with one attached hydrogen (secondary N) is 1. The van der Waals surface area contributed by atoms with E-state index in [0.29, 0.717) is 26.2 Å². The van der Waals surface area contributed by atoms with Crippen LogP contribution in [0.4, 0.5) is 14.4 Å². The maximum atomic E-state index is 12.9. The minimum atomic E-state index is -0.503. The molecule has 0 atom stereocenters. The molecule has 1 N–H and O–H groups in total. The standard InChI is InChI=1S/C22H30N4O3.C13H23ClN2O3.C10H10N2.C4H8O.Na.H/c1-16-6-8-17(9-7-16)19-14-26(15-23-19)20(27)24(5)18-10-12-25(13-11-18)21(28)29-22(2,3)4;1-13(2,3)19-12(18)16-7-5-10(6-8-16)15(4)11(17)9-14;1-8-2-4-9(5-3-8)10-6-11-7-12-10;1-2-4-5-3-1;;/h6-9,14-15,18H,10-13H2,1-5H3;10H,5-9H2,1-4H3;2-7H,1H3,(H,11,12);1-4H2;;/q;;;;+1;-1. The van der Waals surface area contributed by atoms with Gasteiger partial charge in [0.05, 0.1) is 23.9 Å². The summed E-state index contributed by atoms with van der Waals surface area (Å²) < 4.78 is 17.2. The van der Waals surface area contributed by atoms with Gasteiger partial charge in [0.25, 0.3) is 0 Å². The predicted octanol–water partition coefficient (Wildman–Crippen LogP) is 6.54. The van der Waals surface area contributed by atoms with Gasteiger partial charge in [-0.15, -0.1) is 11.6 Å². The molecule has 66 heavy (non-hydrogen) atoms. The number of H-pyrrole nitrogens is 1. The zero-order valence-electron chi connectivity index (χ0n) is 42.1. The van der Waals surface area contributed by atoms with E-state index in [4.69, 9.17) is 25.8 Å². The summed E-state index contributed by atoms with van der Waals surface area (Å²) in [5.41, 5.74) is 5.48. The molecule has 0 spiro atoms. The summed E-state index contributed by atoms with van der Waals surface area (Å²) in [6.07, 6.45) is 11.8. The van der Waals surface area contributed by atoms with Gasteiger partial charge in [-0.05, 0) is 99.5 Å². The third-order valence-corrected chi connectivity index (χ3v) is 11.2. The van der Waals surface area contributed by atoms with Gasteiger partial charge in [-0.3, -0.25) is 9.36 Å². The van der Waals surface area contributed by atoms with Crippen molar-refractivity contribution in [3.8, 4) is 22.5 Å². The Bertz CT molecular complexity index is 2070. The van der Waals surface area contributed by atoms with Crippen LogP contribution < -0.4 is 29.6 Å². The number of aromatic amines is 1. The average Bonchev–Trinajstić information content (AvgIpc) is 4.12. The van der Waals surface area contributed by atoms with Crippen LogP contribution in [0.15, 0.2) is 73.6 Å². The average molecular weight is 944 g/mol. The number of nitrogens with zero attached hydrogens (tertiary/aromatic N) is 7. The topological polar surface area (TPSA) is 155 Å². The van der Waals surface area contributed by atoms with Gasteiger partial charge >= 0.3 is 47.8 Å². The van der Waals surface area contributed by atoms with Crippen LogP contribution in [0.5, 0.6) is 0 Å². The summed E-state index contributed by atoms with van der Waals surface area (Å²) in [6, 6.07) is 16.5. The largest absolute Gasteiger partial charge is 1.00 e. The molecule has 5 heterocycles. The van der Waals surface area contributed by atoms with Crippen molar-refractivity contribution in [2.75, 3.05) is 59.4 Å². The number of imidazole rings is 2. The van der Waals surface area contributed by atoms with Crippen molar-refractivity contribution in [2.45, 2.75) is 117 Å². The third-order valence-electron chi connectivity index (χ3n) is 11.0. The zero-order chi connectivity index (χ0) is 47.7. The first-order valence-electron chi connectivity index (χ1n) is 22.5. The molecule has 358 valence electrons. The van der Waals surface area contributed by atoms with E-state index in [0.717, 1.165) is 55.8 Å². The van der Waals surface area contributed by atoms with E-state index in [-0.39, 0.29) is 73.1 Å². The molecule has 3 saturated heterocycles. The van der Waals surface area contributed by atoms with Crippen LogP contribution in [0.1, 0.15) is 92.6 Å². The molecule has 15 nitrogen and oxygen atoms in total. The first kappa shape index (κ1) is 55.9. The Hall–Kier alpha value is -4.41. The van der Waals surface area contributed by atoms with E-state index >= 15 is 0 Å². The maximum Gasteiger partial charge on any atom is 1.00 e. The van der Waals surface area contributed by atoms with Gasteiger partial charge < -0.3 is 40.2 Å². The summed E-state index contributed by atoms with van der Waals surface area (Å²) in [7, 11) is 3.57. The van der Waals surface area contributed by atoms with E-state index < -0.39 is 11.2 Å². The normalized spacial score (nSPS) is 15.3. The van der Waals surface area contributed by atoms with Crippen molar-refractivity contribution in [2.24, 2.45) is 0 Å². The second kappa shape index (κ2) is 26.8. The smallest absolute Gasteiger partial charge is 1.00 e. The molecule has 0 unspecified atom stereocenters. The number of aryl methyl sites for hydroxylation is 2. The molecule has 0 saturated carbocycles. The van der Waals surface area contributed by atoms with Crippen LogP contribution in [0.3, 0.4) is 0 Å². The number of amides is 4. The minimum absolute atomic E-state index is 0. The van der Waals surface area contributed by atoms with Crippen LogP contribution in [0.25, 0.3) is 22.5 Å². The number of rotatable bonds is 5. The molecule has 0 aliphatic carbocycles. The Labute approximate surface area is 420 Å². The number of benzene rings is 2. The number of hydrogen-bond donors (Lipinski definition) is 1. The summed E-state index contributed by atoms with van der Waals surface area (Å²) in [5, 5.41) is 0. The molecule has 4 amide bonds. The quantitative estimate of drug-likeness (QED) is 0.174. The molecule has 3 aliphatic rings. The van der Waals surface area contributed by atoms with Crippen molar-refractivity contribution in [1.29, 1.82) is 0 Å². The number of alkyl halides is 1. The summed E-state index contributed by atoms with van der Waals surface area (Å²) >= 11 is 5.54. The number of ether oxygens (including phenoxy) is 3. The van der Waals surface area contributed by atoms with Crippen molar-refractivity contribution >= 4 is 35.7 Å². The first-order valence-corrected chi connectivity index (χ1v) is 23.1. The van der Waals surface area contributed by atoms with E-state index in [1.807, 2.05) is 86.0 Å². The van der Waals surface area contributed by atoms with Gasteiger partial charge in [-0.1, -0.05) is 59.7 Å². The van der Waals surface area contributed by atoms with Gasteiger partial charge in [0, 0.05) is 77.3 Å². The van der Waals surface area contributed by atoms with Crippen molar-refractivity contribution in [3.63, 3.8) is 0 Å². The summed E-state index contributed by atoms with van der Waals surface area (Å²) in [4.78, 5) is 66.7. The molecule has 0 bridgehead atoms. The molecule has 2 aromatic carbocycles. The van der Waals surface area contributed by atoms with Crippen LogP contribution in [0, 0.1) is 13.8 Å². The second-order valence-corrected chi connectivity index (χ2v) is 18.9. The Kier molecular flexibility index (Phi) is 22.7. The molecule has 3 aliphatic heterocycles. The molecule has 3 fully saturated rings. The van der Waals surface area contributed by atoms with Gasteiger partial charge in [-0.25, -0.2) is 24.4 Å². The summed E-state index contributed by atoms with van der Waals surface area (Å²) in [6.45, 7) is 19.6. The Morgan fingerprint density at radius 1 is 0.758 bits per heavy atom. The van der Waals surface area contributed by atoms with Gasteiger partial charge in [0.2, 0.25) is 5.91 Å². The monoisotopic (exact) mass is 943 g/mol. The van der Waals surface area contributed by atoms with Gasteiger partial charge in [0.15, 0.2) is 0 Å². The van der Waals surface area contributed by atoms with Crippen LogP contribution >= 0.6 is 11.6 Å². The van der Waals surface area contributed by atoms with Crippen LogP contribution in [0.2, 0.25) is 0 Å². The van der Waals surface area contributed by atoms with Crippen LogP contribution in [-0.2, 0) is 19.0 Å². The maximum absolute atomic E-state index is 12.9. The minimum Gasteiger partial charge on any atom is -1.00 e. The molecule has 2 aromatic heterocycles. The predicted molar refractivity (Wildman–Crippen MR) is 256 cm³/mol. The molecule has 17 heteroatoms. The number of hydrogen-bond acceptors (Lipinski definition) is 9. The van der Waals surface area contributed by atoms with E-state index in [2.05, 4.69) is 46.1 Å².